The smallest absolute Gasteiger partial charge is 0.163 e. The minimum absolute atomic E-state index is 0.468. The van der Waals surface area contributed by atoms with Crippen molar-refractivity contribution >= 4 is 39.8 Å². The maximum absolute atomic E-state index is 5.96. The highest BCUT2D eigenvalue weighted by atomic mass is 35.5. The Kier molecular flexibility index (Phi) is 3.79. The molecule has 0 bridgehead atoms. The molecule has 0 atom stereocenters. The van der Waals surface area contributed by atoms with Crippen molar-refractivity contribution in [3.05, 3.63) is 33.4 Å². The maximum Gasteiger partial charge on any atom is 0.163 e. The molecule has 0 saturated heterocycles. The van der Waals surface area contributed by atoms with E-state index in [1.54, 1.807) is 22.2 Å². The summed E-state index contributed by atoms with van der Waals surface area (Å²) in [5.74, 6) is 1.16. The molecule has 6 nitrogen and oxygen atoms in total. The van der Waals surface area contributed by atoms with Crippen molar-refractivity contribution in [3.63, 3.8) is 0 Å². The molecule has 0 aromatic carbocycles. The molecule has 8 heteroatoms. The molecule has 0 unspecified atom stereocenters. The van der Waals surface area contributed by atoms with Crippen LogP contribution in [0.15, 0.2) is 18.3 Å². The van der Waals surface area contributed by atoms with Crippen LogP contribution in [0.3, 0.4) is 0 Å². The molecule has 0 saturated carbocycles. The lowest BCUT2D eigenvalue weighted by molar-refractivity contribution is 0.314. The summed E-state index contributed by atoms with van der Waals surface area (Å²) in [6, 6.07) is 3.94. The molecule has 3 rings (SSSR count). The summed E-state index contributed by atoms with van der Waals surface area (Å²) in [4.78, 5) is 12.2. The first-order chi connectivity index (χ1) is 10.0. The maximum atomic E-state index is 5.96. The van der Waals surface area contributed by atoms with Gasteiger partial charge in [0.2, 0.25) is 0 Å². The molecule has 3 aromatic heterocycles. The van der Waals surface area contributed by atoms with E-state index in [2.05, 4.69) is 20.0 Å². The van der Waals surface area contributed by atoms with Crippen LogP contribution in [0.2, 0.25) is 4.34 Å². The zero-order valence-electron chi connectivity index (χ0n) is 11.7. The predicted octanol–water partition coefficient (Wildman–Crippen LogP) is 2.29. The molecule has 21 heavy (non-hydrogen) atoms. The quantitative estimate of drug-likeness (QED) is 0.798. The highest BCUT2D eigenvalue weighted by Gasteiger charge is 2.11. The van der Waals surface area contributed by atoms with E-state index < -0.39 is 0 Å². The number of aromatic nitrogens is 4. The molecule has 0 radical (unpaired) electrons. The average molecular weight is 323 g/mol. The van der Waals surface area contributed by atoms with Crippen LogP contribution in [0.1, 0.15) is 10.7 Å². The Labute approximate surface area is 131 Å². The second kappa shape index (κ2) is 5.59. The van der Waals surface area contributed by atoms with Crippen LogP contribution in [0.4, 0.5) is 5.82 Å². The Morgan fingerprint density at radius 2 is 2.14 bits per heavy atom. The molecule has 0 amide bonds. The van der Waals surface area contributed by atoms with Gasteiger partial charge in [-0.2, -0.15) is 5.10 Å². The van der Waals surface area contributed by atoms with Crippen molar-refractivity contribution in [2.75, 3.05) is 12.8 Å². The van der Waals surface area contributed by atoms with E-state index in [1.807, 2.05) is 26.2 Å². The number of thiophene rings is 1. The van der Waals surface area contributed by atoms with Crippen molar-refractivity contribution in [2.24, 2.45) is 7.05 Å². The number of nitrogens with zero attached hydrogens (tertiary/aromatic N) is 5. The standard InChI is InChI=1S/C13H15ClN6S/c1-19(6-8-3-4-10(14)21-8)7-11-17-12(15)9-5-16-20(2)13(9)18-11/h3-5H,6-7H2,1-2H3,(H2,15,17,18). The molecule has 3 heterocycles. The minimum Gasteiger partial charge on any atom is -0.383 e. The van der Waals surface area contributed by atoms with Gasteiger partial charge in [-0.1, -0.05) is 11.6 Å². The first kappa shape index (κ1) is 14.2. The first-order valence-corrected chi connectivity index (χ1v) is 7.59. The van der Waals surface area contributed by atoms with E-state index >= 15 is 0 Å². The molecule has 3 aromatic rings. The Morgan fingerprint density at radius 1 is 1.33 bits per heavy atom. The monoisotopic (exact) mass is 322 g/mol. The number of fused-ring (bicyclic) bond motifs is 1. The number of halogens is 1. The highest BCUT2D eigenvalue weighted by Crippen LogP contribution is 2.23. The average Bonchev–Trinajstić information content (AvgIpc) is 2.97. The third-order valence-electron chi connectivity index (χ3n) is 3.13. The molecule has 110 valence electrons. The third kappa shape index (κ3) is 2.99. The lowest BCUT2D eigenvalue weighted by atomic mass is 10.3. The summed E-state index contributed by atoms with van der Waals surface area (Å²) < 4.78 is 2.51. The topological polar surface area (TPSA) is 72.9 Å². The summed E-state index contributed by atoms with van der Waals surface area (Å²) in [5.41, 5.74) is 6.72. The van der Waals surface area contributed by atoms with Crippen molar-refractivity contribution in [2.45, 2.75) is 13.1 Å². The van der Waals surface area contributed by atoms with E-state index in [4.69, 9.17) is 17.3 Å². The van der Waals surface area contributed by atoms with Crippen LogP contribution in [0.5, 0.6) is 0 Å². The van der Waals surface area contributed by atoms with Crippen LogP contribution < -0.4 is 5.73 Å². The van der Waals surface area contributed by atoms with Crippen LogP contribution in [0, 0.1) is 0 Å². The Hall–Kier alpha value is -1.70. The van der Waals surface area contributed by atoms with Crippen molar-refractivity contribution < 1.29 is 0 Å². The summed E-state index contributed by atoms with van der Waals surface area (Å²) in [6.45, 7) is 1.41. The van der Waals surface area contributed by atoms with Gasteiger partial charge in [-0.15, -0.1) is 11.3 Å². The number of hydrogen-bond donors (Lipinski definition) is 1. The van der Waals surface area contributed by atoms with E-state index in [1.165, 1.54) is 4.88 Å². The van der Waals surface area contributed by atoms with Gasteiger partial charge in [0.15, 0.2) is 5.65 Å². The fourth-order valence-electron chi connectivity index (χ4n) is 2.16. The van der Waals surface area contributed by atoms with Crippen molar-refractivity contribution in [1.29, 1.82) is 0 Å². The second-order valence-electron chi connectivity index (χ2n) is 4.91. The zero-order chi connectivity index (χ0) is 15.0. The van der Waals surface area contributed by atoms with E-state index in [0.717, 1.165) is 21.9 Å². The Morgan fingerprint density at radius 3 is 2.86 bits per heavy atom. The largest absolute Gasteiger partial charge is 0.383 e. The normalized spacial score (nSPS) is 11.6. The van der Waals surface area contributed by atoms with Gasteiger partial charge < -0.3 is 5.73 Å². The molecule has 0 aliphatic heterocycles. The summed E-state index contributed by atoms with van der Waals surface area (Å²) in [6.07, 6.45) is 1.69. The molecule has 0 fully saturated rings. The Balaban J connectivity index is 1.79. The van der Waals surface area contributed by atoms with E-state index in [0.29, 0.717) is 18.2 Å². The lowest BCUT2D eigenvalue weighted by Crippen LogP contribution is -2.19. The van der Waals surface area contributed by atoms with Gasteiger partial charge in [0.25, 0.3) is 0 Å². The van der Waals surface area contributed by atoms with Gasteiger partial charge >= 0.3 is 0 Å². The first-order valence-electron chi connectivity index (χ1n) is 6.40. The predicted molar refractivity (Wildman–Crippen MR) is 85.2 cm³/mol. The molecular weight excluding hydrogens is 308 g/mol. The fraction of sp³-hybridized carbons (Fsp3) is 0.308. The second-order valence-corrected chi connectivity index (χ2v) is 6.71. The summed E-state index contributed by atoms with van der Waals surface area (Å²) in [5, 5.41) is 4.94. The minimum atomic E-state index is 0.468. The summed E-state index contributed by atoms with van der Waals surface area (Å²) in [7, 11) is 3.86. The zero-order valence-corrected chi connectivity index (χ0v) is 13.3. The number of nitrogens with two attached hydrogens (primary N) is 1. The van der Waals surface area contributed by atoms with Crippen molar-refractivity contribution in [3.8, 4) is 0 Å². The lowest BCUT2D eigenvalue weighted by Gasteiger charge is -2.14. The Bertz CT molecular complexity index is 780. The molecule has 0 spiro atoms. The van der Waals surface area contributed by atoms with Crippen LogP contribution >= 0.6 is 22.9 Å². The number of rotatable bonds is 4. The van der Waals surface area contributed by atoms with Gasteiger partial charge in [0, 0.05) is 18.5 Å². The number of hydrogen-bond acceptors (Lipinski definition) is 6. The third-order valence-corrected chi connectivity index (χ3v) is 4.35. The van der Waals surface area contributed by atoms with Gasteiger partial charge in [-0.3, -0.25) is 9.58 Å². The van der Waals surface area contributed by atoms with Crippen LogP contribution in [-0.4, -0.2) is 31.7 Å². The van der Waals surface area contributed by atoms with Gasteiger partial charge in [0.1, 0.15) is 11.6 Å². The molecular formula is C13H15ClN6S. The molecule has 0 aliphatic rings. The van der Waals surface area contributed by atoms with E-state index in [9.17, 15) is 0 Å². The number of anilines is 1. The SMILES string of the molecule is CN(Cc1nc(N)c2cnn(C)c2n1)Cc1ccc(Cl)s1. The number of nitrogen functional groups attached to an aromatic ring is 1. The van der Waals surface area contributed by atoms with E-state index in [-0.39, 0.29) is 0 Å². The van der Waals surface area contributed by atoms with Crippen molar-refractivity contribution in [1.82, 2.24) is 24.6 Å². The van der Waals surface area contributed by atoms with Gasteiger partial charge in [0.05, 0.1) is 22.5 Å². The number of aryl methyl sites for hydroxylation is 1. The van der Waals surface area contributed by atoms with Gasteiger partial charge in [-0.05, 0) is 19.2 Å². The summed E-state index contributed by atoms with van der Waals surface area (Å²) >= 11 is 7.52. The molecule has 0 aliphatic carbocycles. The van der Waals surface area contributed by atoms with Gasteiger partial charge in [-0.25, -0.2) is 9.97 Å². The van der Waals surface area contributed by atoms with Crippen LogP contribution in [0.25, 0.3) is 11.0 Å². The van der Waals surface area contributed by atoms with Crippen LogP contribution in [-0.2, 0) is 20.1 Å². The highest BCUT2D eigenvalue weighted by molar-refractivity contribution is 7.16. The molecule has 2 N–H and O–H groups in total. The fourth-order valence-corrected chi connectivity index (χ4v) is 3.33.